The topological polar surface area (TPSA) is 64.3 Å². The molecule has 2 rings (SSSR count). The predicted molar refractivity (Wildman–Crippen MR) is 81.0 cm³/mol. The van der Waals surface area contributed by atoms with Gasteiger partial charge in [-0.1, -0.05) is 23.2 Å². The van der Waals surface area contributed by atoms with Crippen LogP contribution in [0.3, 0.4) is 0 Å². The summed E-state index contributed by atoms with van der Waals surface area (Å²) < 4.78 is 0. The average Bonchev–Trinajstić information content (AvgIpc) is 3.24. The minimum absolute atomic E-state index is 0.251. The average molecular weight is 327 g/mol. The first-order valence-electron chi connectivity index (χ1n) is 6.81. The Morgan fingerprint density at radius 2 is 2.00 bits per heavy atom. The van der Waals surface area contributed by atoms with Crippen LogP contribution in [0.15, 0.2) is 18.2 Å². The van der Waals surface area contributed by atoms with Crippen molar-refractivity contribution in [2.45, 2.75) is 25.4 Å². The van der Waals surface area contributed by atoms with Gasteiger partial charge in [-0.2, -0.15) is 5.26 Å². The van der Waals surface area contributed by atoms with Gasteiger partial charge < -0.3 is 10.0 Å². The van der Waals surface area contributed by atoms with E-state index in [9.17, 15) is 9.90 Å². The molecule has 4 nitrogen and oxygen atoms in total. The van der Waals surface area contributed by atoms with Gasteiger partial charge in [0.25, 0.3) is 5.91 Å². The molecule has 1 aliphatic rings. The van der Waals surface area contributed by atoms with Gasteiger partial charge >= 0.3 is 0 Å². The van der Waals surface area contributed by atoms with Gasteiger partial charge in [0, 0.05) is 23.1 Å². The fraction of sp³-hybridized carbons (Fsp3) is 0.467. The summed E-state index contributed by atoms with van der Waals surface area (Å²) in [5.74, 6) is 0.0817. The molecule has 21 heavy (non-hydrogen) atoms. The Kier molecular flexibility index (Phi) is 5.46. The van der Waals surface area contributed by atoms with Crippen molar-refractivity contribution < 1.29 is 9.90 Å². The molecule has 0 saturated heterocycles. The van der Waals surface area contributed by atoms with E-state index < -0.39 is 12.0 Å². The lowest BCUT2D eigenvalue weighted by atomic mass is 10.1. The van der Waals surface area contributed by atoms with Gasteiger partial charge in [0.1, 0.15) is 0 Å². The van der Waals surface area contributed by atoms with Crippen LogP contribution < -0.4 is 0 Å². The lowest BCUT2D eigenvalue weighted by Gasteiger charge is -2.24. The molecular weight excluding hydrogens is 311 g/mol. The standard InChI is InChI=1S/C15H16Cl2N2O2/c16-12-6-11(7-13(17)8-12)14(20)15(21)19(5-1-4-18)9-10-2-3-10/h6-8,10,14,20H,1-3,5,9H2. The van der Waals surface area contributed by atoms with Gasteiger partial charge in [-0.05, 0) is 42.5 Å². The SMILES string of the molecule is N#CCCN(CC1CC1)C(=O)C(O)c1cc(Cl)cc(Cl)c1. The molecule has 1 fully saturated rings. The lowest BCUT2D eigenvalue weighted by molar-refractivity contribution is -0.140. The van der Waals surface area contributed by atoms with Crippen LogP contribution in [0.4, 0.5) is 0 Å². The Balaban J connectivity index is 2.11. The number of nitriles is 1. The summed E-state index contributed by atoms with van der Waals surface area (Å²) in [4.78, 5) is 14.0. The van der Waals surface area contributed by atoms with Gasteiger partial charge in [0.2, 0.25) is 0 Å². The van der Waals surface area contributed by atoms with Gasteiger partial charge in [-0.25, -0.2) is 0 Å². The maximum Gasteiger partial charge on any atom is 0.256 e. The fourth-order valence-electron chi connectivity index (χ4n) is 2.14. The van der Waals surface area contributed by atoms with Crippen LogP contribution in [-0.4, -0.2) is 29.0 Å². The van der Waals surface area contributed by atoms with E-state index in [1.807, 2.05) is 6.07 Å². The molecule has 112 valence electrons. The van der Waals surface area contributed by atoms with Crippen LogP contribution in [0, 0.1) is 17.2 Å². The van der Waals surface area contributed by atoms with Crippen LogP contribution in [-0.2, 0) is 4.79 Å². The van der Waals surface area contributed by atoms with E-state index in [0.29, 0.717) is 34.6 Å². The molecule has 0 heterocycles. The van der Waals surface area contributed by atoms with Crippen molar-refractivity contribution >= 4 is 29.1 Å². The number of nitrogens with zero attached hydrogens (tertiary/aromatic N) is 2. The number of hydrogen-bond donors (Lipinski definition) is 1. The van der Waals surface area contributed by atoms with E-state index in [1.54, 1.807) is 11.0 Å². The molecule has 1 unspecified atom stereocenters. The van der Waals surface area contributed by atoms with Gasteiger partial charge in [-0.15, -0.1) is 0 Å². The Hall–Kier alpha value is -1.28. The summed E-state index contributed by atoms with van der Waals surface area (Å²) >= 11 is 11.8. The highest BCUT2D eigenvalue weighted by atomic mass is 35.5. The summed E-state index contributed by atoms with van der Waals surface area (Å²) in [6.07, 6.45) is 1.13. The van der Waals surface area contributed by atoms with Crippen LogP contribution in [0.5, 0.6) is 0 Å². The second-order valence-electron chi connectivity index (χ2n) is 5.24. The van der Waals surface area contributed by atoms with Crippen LogP contribution in [0.25, 0.3) is 0 Å². The van der Waals surface area contributed by atoms with E-state index in [0.717, 1.165) is 12.8 Å². The van der Waals surface area contributed by atoms with Gasteiger partial charge in [0.05, 0.1) is 12.5 Å². The predicted octanol–water partition coefficient (Wildman–Crippen LogP) is 3.18. The van der Waals surface area contributed by atoms with Crippen molar-refractivity contribution in [3.05, 3.63) is 33.8 Å². The van der Waals surface area contributed by atoms with E-state index >= 15 is 0 Å². The molecule has 0 radical (unpaired) electrons. The van der Waals surface area contributed by atoms with Gasteiger partial charge in [-0.3, -0.25) is 4.79 Å². The fourth-order valence-corrected chi connectivity index (χ4v) is 2.68. The van der Waals surface area contributed by atoms with Crippen molar-refractivity contribution in [2.24, 2.45) is 5.92 Å². The molecule has 1 atom stereocenters. The normalized spacial score (nSPS) is 15.3. The summed E-state index contributed by atoms with van der Waals surface area (Å²) in [7, 11) is 0. The third-order valence-corrected chi connectivity index (χ3v) is 3.85. The summed E-state index contributed by atoms with van der Waals surface area (Å²) in [5.41, 5.74) is 0.371. The van der Waals surface area contributed by atoms with E-state index in [-0.39, 0.29) is 6.42 Å². The number of benzene rings is 1. The Labute approximate surface area is 133 Å². The summed E-state index contributed by atoms with van der Waals surface area (Å²) in [6, 6.07) is 6.62. The zero-order chi connectivity index (χ0) is 15.4. The summed E-state index contributed by atoms with van der Waals surface area (Å²) in [6.45, 7) is 0.920. The monoisotopic (exact) mass is 326 g/mol. The molecule has 1 aromatic rings. The Morgan fingerprint density at radius 1 is 1.38 bits per heavy atom. The Morgan fingerprint density at radius 3 is 2.52 bits per heavy atom. The lowest BCUT2D eigenvalue weighted by Crippen LogP contribution is -2.37. The first-order valence-corrected chi connectivity index (χ1v) is 7.56. The van der Waals surface area contributed by atoms with Crippen molar-refractivity contribution in [1.82, 2.24) is 4.90 Å². The zero-order valence-electron chi connectivity index (χ0n) is 11.4. The van der Waals surface area contributed by atoms with Gasteiger partial charge in [0.15, 0.2) is 6.10 Å². The van der Waals surface area contributed by atoms with Crippen LogP contribution in [0.1, 0.15) is 30.9 Å². The largest absolute Gasteiger partial charge is 0.378 e. The molecule has 0 aliphatic heterocycles. The number of aliphatic hydroxyl groups excluding tert-OH is 1. The molecular formula is C15H16Cl2N2O2. The van der Waals surface area contributed by atoms with Crippen LogP contribution >= 0.6 is 23.2 Å². The van der Waals surface area contributed by atoms with Crippen molar-refractivity contribution in [2.75, 3.05) is 13.1 Å². The maximum atomic E-state index is 12.4. The highest BCUT2D eigenvalue weighted by Crippen LogP contribution is 2.31. The number of rotatable bonds is 6. The molecule has 0 bridgehead atoms. The van der Waals surface area contributed by atoms with Crippen LogP contribution in [0.2, 0.25) is 10.0 Å². The molecule has 1 aliphatic carbocycles. The minimum atomic E-state index is -1.31. The van der Waals surface area contributed by atoms with Crippen molar-refractivity contribution in [1.29, 1.82) is 5.26 Å². The number of carbonyl (C=O) groups is 1. The third kappa shape index (κ3) is 4.60. The second-order valence-corrected chi connectivity index (χ2v) is 6.11. The first-order chi connectivity index (χ1) is 10.0. The molecule has 1 amide bonds. The highest BCUT2D eigenvalue weighted by Gasteiger charge is 2.30. The Bertz CT molecular complexity index is 547. The minimum Gasteiger partial charge on any atom is -0.378 e. The van der Waals surface area contributed by atoms with E-state index in [4.69, 9.17) is 28.5 Å². The smallest absolute Gasteiger partial charge is 0.256 e. The molecule has 1 N–H and O–H groups in total. The highest BCUT2D eigenvalue weighted by molar-refractivity contribution is 6.34. The van der Waals surface area contributed by atoms with Crippen molar-refractivity contribution in [3.63, 3.8) is 0 Å². The number of halogens is 2. The molecule has 0 aromatic heterocycles. The molecule has 6 heteroatoms. The van der Waals surface area contributed by atoms with E-state index in [1.165, 1.54) is 12.1 Å². The molecule has 0 spiro atoms. The second kappa shape index (κ2) is 7.13. The molecule has 1 saturated carbocycles. The maximum absolute atomic E-state index is 12.4. The van der Waals surface area contributed by atoms with Crippen molar-refractivity contribution in [3.8, 4) is 6.07 Å². The molecule has 1 aromatic carbocycles. The number of amides is 1. The number of hydrogen-bond acceptors (Lipinski definition) is 3. The third-order valence-electron chi connectivity index (χ3n) is 3.42. The van der Waals surface area contributed by atoms with E-state index in [2.05, 4.69) is 0 Å². The quantitative estimate of drug-likeness (QED) is 0.873. The number of aliphatic hydroxyl groups is 1. The zero-order valence-corrected chi connectivity index (χ0v) is 12.9. The number of carbonyl (C=O) groups excluding carboxylic acids is 1. The summed E-state index contributed by atoms with van der Waals surface area (Å²) in [5, 5.41) is 19.7. The first kappa shape index (κ1) is 16.1.